The number of ether oxygens (including phenoxy) is 1. The number of benzene rings is 4. The summed E-state index contributed by atoms with van der Waals surface area (Å²) in [4.78, 5) is 0. The van der Waals surface area contributed by atoms with Gasteiger partial charge in [-0.15, -0.1) is 17.0 Å². The molecule has 4 rings (SSSR count). The van der Waals surface area contributed by atoms with E-state index in [4.69, 9.17) is 4.74 Å². The molecular weight excluding hydrogens is 463 g/mol. The summed E-state index contributed by atoms with van der Waals surface area (Å²) >= 11 is 0. The summed E-state index contributed by atoms with van der Waals surface area (Å²) in [5.74, 6) is 0. The second-order valence-corrected chi connectivity index (χ2v) is 11.7. The molecule has 4 aromatic carbocycles. The molecule has 1 nitrogen and oxygen atoms in total. The Bertz CT molecular complexity index is 911. The van der Waals surface area contributed by atoms with Crippen molar-refractivity contribution in [3.05, 3.63) is 127 Å². The van der Waals surface area contributed by atoms with E-state index in [0.717, 1.165) is 19.2 Å². The number of halogens is 1. The van der Waals surface area contributed by atoms with Crippen LogP contribution in [0, 0.1) is 0 Å². The predicted molar refractivity (Wildman–Crippen MR) is 142 cm³/mol. The molecule has 0 saturated carbocycles. The van der Waals surface area contributed by atoms with Crippen LogP contribution in [0.4, 0.5) is 0 Å². The fourth-order valence-corrected chi connectivity index (χ4v) is 9.13. The van der Waals surface area contributed by atoms with Crippen molar-refractivity contribution in [2.75, 3.05) is 12.8 Å². The van der Waals surface area contributed by atoms with Gasteiger partial charge in [0.1, 0.15) is 0 Å². The minimum atomic E-state index is -2.13. The zero-order valence-electron chi connectivity index (χ0n) is 17.7. The van der Waals surface area contributed by atoms with Crippen molar-refractivity contribution in [1.82, 2.24) is 0 Å². The SMILES string of the molecule is Br.c1ccc(COCCC[PH](c2ccccc2)(c2ccccc2)c2ccccc2)cc1. The van der Waals surface area contributed by atoms with E-state index in [-0.39, 0.29) is 17.0 Å². The Morgan fingerprint density at radius 2 is 0.903 bits per heavy atom. The van der Waals surface area contributed by atoms with Crippen molar-refractivity contribution in [3.8, 4) is 0 Å². The second kappa shape index (κ2) is 12.0. The topological polar surface area (TPSA) is 9.23 Å². The van der Waals surface area contributed by atoms with Crippen LogP contribution >= 0.6 is 24.2 Å². The van der Waals surface area contributed by atoms with Gasteiger partial charge < -0.3 is 0 Å². The first-order valence-corrected chi connectivity index (χ1v) is 12.9. The predicted octanol–water partition coefficient (Wildman–Crippen LogP) is 5.90. The van der Waals surface area contributed by atoms with Gasteiger partial charge in [0.25, 0.3) is 0 Å². The molecule has 0 aliphatic heterocycles. The van der Waals surface area contributed by atoms with Gasteiger partial charge in [-0.05, 0) is 0 Å². The molecule has 0 heterocycles. The Labute approximate surface area is 197 Å². The van der Waals surface area contributed by atoms with Crippen LogP contribution in [0.1, 0.15) is 12.0 Å². The maximum atomic E-state index is 6.04. The molecule has 0 aromatic heterocycles. The van der Waals surface area contributed by atoms with Gasteiger partial charge in [-0.2, -0.15) is 0 Å². The second-order valence-electron chi connectivity index (χ2n) is 7.65. The van der Waals surface area contributed by atoms with E-state index in [2.05, 4.69) is 115 Å². The van der Waals surface area contributed by atoms with Gasteiger partial charge in [0, 0.05) is 0 Å². The third kappa shape index (κ3) is 5.71. The van der Waals surface area contributed by atoms with Gasteiger partial charge in [0.15, 0.2) is 0 Å². The van der Waals surface area contributed by atoms with E-state index in [1.807, 2.05) is 6.07 Å². The van der Waals surface area contributed by atoms with Gasteiger partial charge in [0.2, 0.25) is 0 Å². The standard InChI is InChI=1S/C28H29OP.BrH/c1-5-14-25(15-6-1)24-29-22-13-23-30(26-16-7-2-8-17-26,27-18-9-3-10-19-27)28-20-11-4-12-21-28;/h1-12,14-21,30H,13,22-24H2;1H. The molecule has 160 valence electrons. The van der Waals surface area contributed by atoms with Crippen LogP contribution in [0.5, 0.6) is 0 Å². The molecule has 0 radical (unpaired) electrons. The third-order valence-corrected chi connectivity index (χ3v) is 10.8. The van der Waals surface area contributed by atoms with Crippen LogP contribution in [0.25, 0.3) is 0 Å². The summed E-state index contributed by atoms with van der Waals surface area (Å²) in [7, 11) is -2.13. The Morgan fingerprint density at radius 3 is 1.32 bits per heavy atom. The average Bonchev–Trinajstić information content (AvgIpc) is 2.84. The van der Waals surface area contributed by atoms with Crippen molar-refractivity contribution in [3.63, 3.8) is 0 Å². The fourth-order valence-electron chi connectivity index (χ4n) is 4.30. The van der Waals surface area contributed by atoms with Crippen LogP contribution in [0.15, 0.2) is 121 Å². The summed E-state index contributed by atoms with van der Waals surface area (Å²) in [6.07, 6.45) is 2.16. The molecule has 0 amide bonds. The summed E-state index contributed by atoms with van der Waals surface area (Å²) < 4.78 is 6.04. The number of hydrogen-bond acceptors (Lipinski definition) is 1. The Kier molecular flexibility index (Phi) is 9.03. The van der Waals surface area contributed by atoms with E-state index >= 15 is 0 Å². The molecule has 0 bridgehead atoms. The van der Waals surface area contributed by atoms with Crippen LogP contribution in [-0.4, -0.2) is 12.8 Å². The summed E-state index contributed by atoms with van der Waals surface area (Å²) in [6, 6.07) is 43.7. The number of hydrogen-bond donors (Lipinski definition) is 0. The van der Waals surface area contributed by atoms with E-state index in [1.165, 1.54) is 21.5 Å². The third-order valence-electron chi connectivity index (χ3n) is 5.75. The van der Waals surface area contributed by atoms with Gasteiger partial charge in [0.05, 0.1) is 0 Å². The first-order chi connectivity index (χ1) is 14.9. The quantitative estimate of drug-likeness (QED) is 0.209. The van der Waals surface area contributed by atoms with Gasteiger partial charge in [-0.3, -0.25) is 0 Å². The Hall–Kier alpha value is -2.25. The molecule has 0 N–H and O–H groups in total. The Morgan fingerprint density at radius 1 is 0.516 bits per heavy atom. The summed E-state index contributed by atoms with van der Waals surface area (Å²) in [5, 5.41) is 4.39. The zero-order chi connectivity index (χ0) is 20.5. The first-order valence-electron chi connectivity index (χ1n) is 10.7. The molecule has 0 spiro atoms. The fraction of sp³-hybridized carbons (Fsp3) is 0.143. The molecule has 0 aliphatic carbocycles. The van der Waals surface area contributed by atoms with Crippen molar-refractivity contribution in [2.45, 2.75) is 13.0 Å². The monoisotopic (exact) mass is 492 g/mol. The van der Waals surface area contributed by atoms with Crippen molar-refractivity contribution in [2.24, 2.45) is 0 Å². The zero-order valence-corrected chi connectivity index (χ0v) is 20.4. The Balaban J connectivity index is 0.00000272. The van der Waals surface area contributed by atoms with E-state index < -0.39 is 7.26 Å². The van der Waals surface area contributed by atoms with Crippen molar-refractivity contribution in [1.29, 1.82) is 0 Å². The molecule has 4 aromatic rings. The van der Waals surface area contributed by atoms with Gasteiger partial charge in [-0.1, -0.05) is 0 Å². The van der Waals surface area contributed by atoms with E-state index in [1.54, 1.807) is 0 Å². The van der Waals surface area contributed by atoms with Crippen LogP contribution < -0.4 is 15.9 Å². The average molecular weight is 493 g/mol. The summed E-state index contributed by atoms with van der Waals surface area (Å²) in [6.45, 7) is 1.45. The first kappa shape index (κ1) is 23.4. The molecule has 0 fully saturated rings. The molecular formula is C28H30BrOP. The van der Waals surface area contributed by atoms with Crippen LogP contribution in [0.3, 0.4) is 0 Å². The van der Waals surface area contributed by atoms with Crippen LogP contribution in [-0.2, 0) is 11.3 Å². The molecule has 0 atom stereocenters. The normalized spacial score (nSPS) is 11.5. The van der Waals surface area contributed by atoms with Crippen LogP contribution in [0.2, 0.25) is 0 Å². The minimum absolute atomic E-state index is 0. The van der Waals surface area contributed by atoms with Gasteiger partial charge in [-0.25, -0.2) is 0 Å². The molecule has 0 aliphatic rings. The van der Waals surface area contributed by atoms with Gasteiger partial charge >= 0.3 is 181 Å². The molecule has 0 saturated heterocycles. The number of rotatable bonds is 9. The molecule has 3 heteroatoms. The molecule has 31 heavy (non-hydrogen) atoms. The van der Waals surface area contributed by atoms with E-state index in [9.17, 15) is 0 Å². The maximum absolute atomic E-state index is 6.04. The van der Waals surface area contributed by atoms with Crippen molar-refractivity contribution >= 4 is 40.2 Å². The van der Waals surface area contributed by atoms with E-state index in [0.29, 0.717) is 6.61 Å². The van der Waals surface area contributed by atoms with Crippen molar-refractivity contribution < 1.29 is 4.74 Å². The molecule has 0 unspecified atom stereocenters. The summed E-state index contributed by atoms with van der Waals surface area (Å²) in [5.41, 5.74) is 1.23.